The van der Waals surface area contributed by atoms with Crippen LogP contribution in [-0.4, -0.2) is 34.7 Å². The Kier molecular flexibility index (Phi) is 2.43. The molecule has 0 radical (unpaired) electrons. The van der Waals surface area contributed by atoms with Crippen LogP contribution in [0, 0.1) is 5.92 Å². The fourth-order valence-corrected chi connectivity index (χ4v) is 2.83. The molecule has 2 bridgehead atoms. The minimum Gasteiger partial charge on any atom is -0.329 e. The lowest BCUT2D eigenvalue weighted by molar-refractivity contribution is -0.159. The van der Waals surface area contributed by atoms with Gasteiger partial charge in [-0.25, -0.2) is 0 Å². The SMILES string of the molecule is NC1(c2noc(C(F)(F)F)n2)CCN2CCC1C2. The maximum Gasteiger partial charge on any atom is 0.471 e. The minimum atomic E-state index is -4.61. The number of nitrogens with zero attached hydrogens (tertiary/aromatic N) is 3. The van der Waals surface area contributed by atoms with Crippen LogP contribution in [0.25, 0.3) is 0 Å². The van der Waals surface area contributed by atoms with Crippen LogP contribution >= 0.6 is 0 Å². The average molecular weight is 262 g/mol. The van der Waals surface area contributed by atoms with E-state index in [1.54, 1.807) is 0 Å². The summed E-state index contributed by atoms with van der Waals surface area (Å²) in [5.74, 6) is -1.23. The van der Waals surface area contributed by atoms with Gasteiger partial charge in [-0.15, -0.1) is 0 Å². The molecule has 1 aromatic heterocycles. The van der Waals surface area contributed by atoms with E-state index in [1.807, 2.05) is 0 Å². The van der Waals surface area contributed by atoms with E-state index in [2.05, 4.69) is 19.6 Å². The first kappa shape index (κ1) is 11.9. The van der Waals surface area contributed by atoms with Gasteiger partial charge >= 0.3 is 12.1 Å². The summed E-state index contributed by atoms with van der Waals surface area (Å²) in [6.07, 6.45) is -3.18. The minimum absolute atomic E-state index is 0.0126. The summed E-state index contributed by atoms with van der Waals surface area (Å²) in [7, 11) is 0. The molecule has 3 atom stereocenters. The molecule has 1 aromatic rings. The highest BCUT2D eigenvalue weighted by molar-refractivity contribution is 5.12. The highest BCUT2D eigenvalue weighted by atomic mass is 19.4. The van der Waals surface area contributed by atoms with Crippen LogP contribution in [0.4, 0.5) is 13.2 Å². The highest BCUT2D eigenvalue weighted by Crippen LogP contribution is 2.40. The Morgan fingerprint density at radius 1 is 1.39 bits per heavy atom. The van der Waals surface area contributed by atoms with Crippen LogP contribution in [0.3, 0.4) is 0 Å². The van der Waals surface area contributed by atoms with E-state index in [0.717, 1.165) is 26.1 Å². The standard InChI is InChI=1S/C10H13F3N4O/c11-10(12,13)8-15-7(16-18-8)9(14)2-4-17-3-1-6(9)5-17/h6H,1-5,14H2. The molecule has 2 N–H and O–H groups in total. The monoisotopic (exact) mass is 262 g/mol. The number of nitrogens with two attached hydrogens (primary N) is 1. The normalized spacial score (nSPS) is 36.0. The molecule has 100 valence electrons. The topological polar surface area (TPSA) is 68.2 Å². The van der Waals surface area contributed by atoms with E-state index in [4.69, 9.17) is 5.73 Å². The number of hydrogen-bond donors (Lipinski definition) is 1. The Morgan fingerprint density at radius 2 is 2.17 bits per heavy atom. The van der Waals surface area contributed by atoms with E-state index in [9.17, 15) is 13.2 Å². The van der Waals surface area contributed by atoms with Crippen LogP contribution in [0.2, 0.25) is 0 Å². The largest absolute Gasteiger partial charge is 0.471 e. The molecule has 2 fully saturated rings. The van der Waals surface area contributed by atoms with Gasteiger partial charge in [0.1, 0.15) is 0 Å². The summed E-state index contributed by atoms with van der Waals surface area (Å²) in [4.78, 5) is 5.70. The van der Waals surface area contributed by atoms with Crippen molar-refractivity contribution in [2.24, 2.45) is 11.7 Å². The number of aromatic nitrogens is 2. The Bertz CT molecular complexity index is 460. The van der Waals surface area contributed by atoms with Gasteiger partial charge in [-0.2, -0.15) is 18.2 Å². The lowest BCUT2D eigenvalue weighted by atomic mass is 9.79. The Labute approximate surface area is 101 Å². The van der Waals surface area contributed by atoms with Gasteiger partial charge in [0.2, 0.25) is 0 Å². The van der Waals surface area contributed by atoms with Crippen molar-refractivity contribution in [3.05, 3.63) is 11.7 Å². The number of hydrogen-bond acceptors (Lipinski definition) is 5. The molecule has 0 aromatic carbocycles. The maximum absolute atomic E-state index is 12.4. The zero-order valence-electron chi connectivity index (χ0n) is 9.57. The van der Waals surface area contributed by atoms with Crippen LogP contribution in [0.1, 0.15) is 24.6 Å². The lowest BCUT2D eigenvalue weighted by Crippen LogP contribution is -2.51. The second-order valence-electron chi connectivity index (χ2n) is 5.00. The fraction of sp³-hybridized carbons (Fsp3) is 0.800. The smallest absolute Gasteiger partial charge is 0.329 e. The molecule has 0 aliphatic carbocycles. The summed E-state index contributed by atoms with van der Waals surface area (Å²) in [5.41, 5.74) is 5.35. The molecular weight excluding hydrogens is 249 g/mol. The molecule has 18 heavy (non-hydrogen) atoms. The first-order valence-electron chi connectivity index (χ1n) is 5.82. The number of fused-ring (bicyclic) bond motifs is 2. The van der Waals surface area contributed by atoms with Crippen LogP contribution in [-0.2, 0) is 11.7 Å². The van der Waals surface area contributed by atoms with Crippen molar-refractivity contribution in [3.8, 4) is 0 Å². The van der Waals surface area contributed by atoms with Crippen molar-refractivity contribution in [3.63, 3.8) is 0 Å². The third-order valence-corrected chi connectivity index (χ3v) is 3.93. The van der Waals surface area contributed by atoms with Gasteiger partial charge in [0.05, 0.1) is 5.54 Å². The summed E-state index contributed by atoms with van der Waals surface area (Å²) in [5, 5.41) is 3.45. The van der Waals surface area contributed by atoms with Crippen molar-refractivity contribution in [2.45, 2.75) is 24.6 Å². The third kappa shape index (κ3) is 1.71. The summed E-state index contributed by atoms with van der Waals surface area (Å²) < 4.78 is 41.6. The highest BCUT2D eigenvalue weighted by Gasteiger charge is 2.49. The van der Waals surface area contributed by atoms with Crippen molar-refractivity contribution in [2.75, 3.05) is 19.6 Å². The van der Waals surface area contributed by atoms with Crippen LogP contribution in [0.15, 0.2) is 4.52 Å². The van der Waals surface area contributed by atoms with Crippen molar-refractivity contribution in [1.82, 2.24) is 15.0 Å². The predicted molar refractivity (Wildman–Crippen MR) is 54.3 cm³/mol. The van der Waals surface area contributed by atoms with E-state index in [1.165, 1.54) is 0 Å². The van der Waals surface area contributed by atoms with E-state index < -0.39 is 17.6 Å². The van der Waals surface area contributed by atoms with Gasteiger partial charge in [0, 0.05) is 13.1 Å². The summed E-state index contributed by atoms with van der Waals surface area (Å²) in [6, 6.07) is 0. The Morgan fingerprint density at radius 3 is 2.83 bits per heavy atom. The molecule has 5 nitrogen and oxygen atoms in total. The molecule has 0 amide bonds. The van der Waals surface area contributed by atoms with E-state index in [0.29, 0.717) is 6.42 Å². The van der Waals surface area contributed by atoms with Gasteiger partial charge in [-0.05, 0) is 25.3 Å². The first-order valence-corrected chi connectivity index (χ1v) is 5.82. The molecule has 8 heteroatoms. The average Bonchev–Trinajstić information content (AvgIpc) is 2.93. The lowest BCUT2D eigenvalue weighted by Gasteiger charge is -2.37. The summed E-state index contributed by atoms with van der Waals surface area (Å²) >= 11 is 0. The first-order chi connectivity index (χ1) is 8.39. The number of halogens is 3. The van der Waals surface area contributed by atoms with Gasteiger partial charge in [0.25, 0.3) is 0 Å². The van der Waals surface area contributed by atoms with Crippen molar-refractivity contribution < 1.29 is 17.7 Å². The predicted octanol–water partition coefficient (Wildman–Crippen LogP) is 0.968. The quantitative estimate of drug-likeness (QED) is 0.816. The van der Waals surface area contributed by atoms with Crippen molar-refractivity contribution in [1.29, 1.82) is 0 Å². The number of alkyl halides is 3. The molecular formula is C10H13F3N4O. The molecule has 0 spiro atoms. The summed E-state index contributed by atoms with van der Waals surface area (Å²) in [6.45, 7) is 2.50. The Hall–Kier alpha value is -1.15. The molecule has 2 aliphatic rings. The third-order valence-electron chi connectivity index (χ3n) is 3.93. The molecule has 3 rings (SSSR count). The second-order valence-corrected chi connectivity index (χ2v) is 5.00. The second kappa shape index (κ2) is 3.67. The number of piperidine rings is 1. The van der Waals surface area contributed by atoms with E-state index >= 15 is 0 Å². The number of rotatable bonds is 1. The molecule has 3 heterocycles. The van der Waals surface area contributed by atoms with Gasteiger partial charge < -0.3 is 15.2 Å². The molecule has 2 saturated heterocycles. The van der Waals surface area contributed by atoms with Crippen molar-refractivity contribution >= 4 is 0 Å². The van der Waals surface area contributed by atoms with E-state index in [-0.39, 0.29) is 11.7 Å². The zero-order chi connectivity index (χ0) is 13.0. The molecule has 0 saturated carbocycles. The zero-order valence-corrected chi connectivity index (χ0v) is 9.57. The van der Waals surface area contributed by atoms with Crippen LogP contribution in [0.5, 0.6) is 0 Å². The van der Waals surface area contributed by atoms with Gasteiger partial charge in [0.15, 0.2) is 5.82 Å². The molecule has 2 aliphatic heterocycles. The van der Waals surface area contributed by atoms with Crippen LogP contribution < -0.4 is 5.73 Å². The maximum atomic E-state index is 12.4. The van der Waals surface area contributed by atoms with Gasteiger partial charge in [-0.1, -0.05) is 5.16 Å². The fourth-order valence-electron chi connectivity index (χ4n) is 2.83. The van der Waals surface area contributed by atoms with Gasteiger partial charge in [-0.3, -0.25) is 0 Å². The Balaban J connectivity index is 1.92. The molecule has 3 unspecified atom stereocenters.